The average molecular weight is 268 g/mol. The van der Waals surface area contributed by atoms with Crippen LogP contribution >= 0.6 is 0 Å². The molecule has 0 radical (unpaired) electrons. The van der Waals surface area contributed by atoms with E-state index in [4.69, 9.17) is 0 Å². The molecule has 1 aliphatic carbocycles. The van der Waals surface area contributed by atoms with E-state index in [1.165, 1.54) is 6.92 Å². The molecule has 0 saturated heterocycles. The van der Waals surface area contributed by atoms with Crippen LogP contribution in [0.5, 0.6) is 0 Å². The zero-order valence-corrected chi connectivity index (χ0v) is 10.7. The second kappa shape index (κ2) is 4.72. The Morgan fingerprint density at radius 3 is 2.74 bits per heavy atom. The molecule has 0 bridgehead atoms. The van der Waals surface area contributed by atoms with E-state index in [0.29, 0.717) is 5.56 Å². The van der Waals surface area contributed by atoms with Crippen molar-refractivity contribution in [3.8, 4) is 0 Å². The lowest BCUT2D eigenvalue weighted by molar-refractivity contribution is -0.159. The monoisotopic (exact) mass is 268 g/mol. The van der Waals surface area contributed by atoms with Crippen molar-refractivity contribution in [1.82, 2.24) is 0 Å². The Morgan fingerprint density at radius 1 is 1.47 bits per heavy atom. The number of aryl methyl sites for hydroxylation is 1. The van der Waals surface area contributed by atoms with E-state index in [1.807, 2.05) is 0 Å². The second-order valence-electron chi connectivity index (χ2n) is 4.66. The fourth-order valence-electron chi connectivity index (χ4n) is 2.37. The number of Topliss-reactive ketones (excluding diaryl/α,β-unsaturated/α-hetero) is 1. The molecule has 1 aromatic carbocycles. The first-order chi connectivity index (χ1) is 8.93. The smallest absolute Gasteiger partial charge is 0.326 e. The molecule has 3 nitrogen and oxygen atoms in total. The summed E-state index contributed by atoms with van der Waals surface area (Å²) < 4.78 is 31.4. The maximum atomic E-state index is 13.4. The number of carbonyl (C=O) groups is 2. The van der Waals surface area contributed by atoms with E-state index >= 15 is 0 Å². The third-order valence-electron chi connectivity index (χ3n) is 3.40. The summed E-state index contributed by atoms with van der Waals surface area (Å²) in [5, 5.41) is 0. The predicted octanol–water partition coefficient (Wildman–Crippen LogP) is 2.55. The van der Waals surface area contributed by atoms with Crippen molar-refractivity contribution in [2.45, 2.75) is 26.7 Å². The van der Waals surface area contributed by atoms with Crippen LogP contribution in [0, 0.1) is 12.3 Å². The van der Waals surface area contributed by atoms with Crippen LogP contribution in [-0.4, -0.2) is 24.8 Å². The Hall–Kier alpha value is -1.78. The first-order valence-electron chi connectivity index (χ1n) is 6.03. The summed E-state index contributed by atoms with van der Waals surface area (Å²) in [6.07, 6.45) is -3.37. The van der Waals surface area contributed by atoms with Crippen LogP contribution in [-0.2, 0) is 16.0 Å². The molecular formula is C14H14F2O3. The summed E-state index contributed by atoms with van der Waals surface area (Å²) in [4.78, 5) is 24.1. The van der Waals surface area contributed by atoms with Gasteiger partial charge in [0.15, 0.2) is 11.2 Å². The number of ketones is 1. The molecule has 19 heavy (non-hydrogen) atoms. The summed E-state index contributed by atoms with van der Waals surface area (Å²) in [7, 11) is 0. The van der Waals surface area contributed by atoms with Gasteiger partial charge in [-0.15, -0.1) is 0 Å². The van der Waals surface area contributed by atoms with Crippen molar-refractivity contribution in [2.75, 3.05) is 6.61 Å². The Labute approximate surface area is 109 Å². The molecule has 1 aromatic rings. The Bertz CT molecular complexity index is 539. The largest absolute Gasteiger partial charge is 0.465 e. The van der Waals surface area contributed by atoms with Crippen LogP contribution in [0.2, 0.25) is 0 Å². The summed E-state index contributed by atoms with van der Waals surface area (Å²) in [6.45, 7) is 3.25. The topological polar surface area (TPSA) is 43.4 Å². The van der Waals surface area contributed by atoms with E-state index in [0.717, 1.165) is 5.56 Å². The number of benzene rings is 1. The maximum Gasteiger partial charge on any atom is 0.326 e. The highest BCUT2D eigenvalue weighted by Crippen LogP contribution is 2.43. The van der Waals surface area contributed by atoms with Crippen molar-refractivity contribution in [2.24, 2.45) is 5.41 Å². The number of hydrogen-bond acceptors (Lipinski definition) is 3. The minimum absolute atomic E-state index is 0.0318. The number of hydrogen-bond donors (Lipinski definition) is 0. The molecule has 0 spiro atoms. The van der Waals surface area contributed by atoms with Crippen LogP contribution in [0.3, 0.4) is 0 Å². The predicted molar refractivity (Wildman–Crippen MR) is 64.3 cm³/mol. The van der Waals surface area contributed by atoms with Crippen molar-refractivity contribution in [3.63, 3.8) is 0 Å². The molecule has 0 N–H and O–H groups in total. The minimum atomic E-state index is -3.08. The number of carbonyl (C=O) groups excluding carboxylic acids is 2. The van der Waals surface area contributed by atoms with Gasteiger partial charge in [-0.3, -0.25) is 9.59 Å². The van der Waals surface area contributed by atoms with Crippen molar-refractivity contribution >= 4 is 11.8 Å². The van der Waals surface area contributed by atoms with E-state index < -0.39 is 23.6 Å². The van der Waals surface area contributed by atoms with Gasteiger partial charge < -0.3 is 4.74 Å². The van der Waals surface area contributed by atoms with E-state index in [9.17, 15) is 18.4 Å². The molecule has 2 rings (SSSR count). The minimum Gasteiger partial charge on any atom is -0.465 e. The summed E-state index contributed by atoms with van der Waals surface area (Å²) in [5.41, 5.74) is -0.898. The summed E-state index contributed by atoms with van der Waals surface area (Å²) >= 11 is 0. The van der Waals surface area contributed by atoms with E-state index in [1.54, 1.807) is 25.1 Å². The lowest BCUT2D eigenvalue weighted by atomic mass is 9.84. The Morgan fingerprint density at radius 2 is 2.16 bits per heavy atom. The first kappa shape index (κ1) is 13.6. The first-order valence-corrected chi connectivity index (χ1v) is 6.03. The van der Waals surface area contributed by atoms with Gasteiger partial charge in [0.25, 0.3) is 6.43 Å². The van der Waals surface area contributed by atoms with Crippen LogP contribution < -0.4 is 0 Å². The van der Waals surface area contributed by atoms with Crippen LogP contribution in [0.4, 0.5) is 8.78 Å². The molecule has 0 fully saturated rings. The molecule has 1 aliphatic rings. The van der Waals surface area contributed by atoms with Crippen LogP contribution in [0.25, 0.3) is 0 Å². The highest BCUT2D eigenvalue weighted by Gasteiger charge is 2.59. The van der Waals surface area contributed by atoms with Crippen molar-refractivity contribution < 1.29 is 23.1 Å². The highest BCUT2D eigenvalue weighted by molar-refractivity contribution is 6.16. The lowest BCUT2D eigenvalue weighted by Crippen LogP contribution is -2.45. The van der Waals surface area contributed by atoms with Gasteiger partial charge in [-0.05, 0) is 25.5 Å². The fraction of sp³-hybridized carbons (Fsp3) is 0.429. The highest BCUT2D eigenvalue weighted by atomic mass is 19.3. The standard InChI is InChI=1S/C14H14F2O3/c1-3-19-13(18)14(12(15)16)7-9-5-4-8(2)6-10(9)11(14)17/h4-6,12H,3,7H2,1-2H3. The molecule has 0 aromatic heterocycles. The molecule has 0 amide bonds. The van der Waals surface area contributed by atoms with Crippen LogP contribution in [0.15, 0.2) is 18.2 Å². The van der Waals surface area contributed by atoms with Gasteiger partial charge in [0, 0.05) is 12.0 Å². The third kappa shape index (κ3) is 1.93. The molecule has 5 heteroatoms. The molecule has 1 atom stereocenters. The molecule has 1 unspecified atom stereocenters. The average Bonchev–Trinajstić information content (AvgIpc) is 2.64. The van der Waals surface area contributed by atoms with Crippen LogP contribution in [0.1, 0.15) is 28.4 Å². The second-order valence-corrected chi connectivity index (χ2v) is 4.66. The third-order valence-corrected chi connectivity index (χ3v) is 3.40. The van der Waals surface area contributed by atoms with Gasteiger partial charge in [0.05, 0.1) is 6.61 Å². The number of ether oxygens (including phenoxy) is 1. The zero-order chi connectivity index (χ0) is 14.2. The molecule has 0 heterocycles. The number of alkyl halides is 2. The fourth-order valence-corrected chi connectivity index (χ4v) is 2.37. The summed E-state index contributed by atoms with van der Waals surface area (Å²) in [6, 6.07) is 4.89. The van der Waals surface area contributed by atoms with Gasteiger partial charge in [0.2, 0.25) is 0 Å². The zero-order valence-electron chi connectivity index (χ0n) is 10.7. The number of rotatable bonds is 3. The Balaban J connectivity index is 2.50. The maximum absolute atomic E-state index is 13.4. The normalized spacial score (nSPS) is 21.6. The van der Waals surface area contributed by atoms with E-state index in [2.05, 4.69) is 4.74 Å². The quantitative estimate of drug-likeness (QED) is 0.625. The van der Waals surface area contributed by atoms with Gasteiger partial charge in [-0.1, -0.05) is 17.7 Å². The molecule has 0 aliphatic heterocycles. The van der Waals surface area contributed by atoms with Gasteiger partial charge in [-0.25, -0.2) is 8.78 Å². The molecule has 0 saturated carbocycles. The van der Waals surface area contributed by atoms with Gasteiger partial charge in [-0.2, -0.15) is 0 Å². The lowest BCUT2D eigenvalue weighted by Gasteiger charge is -2.23. The summed E-state index contributed by atoms with van der Waals surface area (Å²) in [5.74, 6) is -1.97. The molecule has 102 valence electrons. The van der Waals surface area contributed by atoms with Gasteiger partial charge in [0.1, 0.15) is 0 Å². The van der Waals surface area contributed by atoms with E-state index in [-0.39, 0.29) is 18.6 Å². The van der Waals surface area contributed by atoms with Gasteiger partial charge >= 0.3 is 5.97 Å². The Kier molecular flexibility index (Phi) is 3.39. The van der Waals surface area contributed by atoms with Crippen molar-refractivity contribution in [1.29, 1.82) is 0 Å². The SMILES string of the molecule is CCOC(=O)C1(C(F)F)Cc2ccc(C)cc2C1=O. The number of fused-ring (bicyclic) bond motifs is 1. The molecular weight excluding hydrogens is 254 g/mol. The number of esters is 1. The van der Waals surface area contributed by atoms with Crippen molar-refractivity contribution in [3.05, 3.63) is 34.9 Å². The number of halogens is 2.